The molecule has 0 aromatic carbocycles. The summed E-state index contributed by atoms with van der Waals surface area (Å²) < 4.78 is 5.69. The number of thiocarbonyl (C=S) groups is 1. The molecule has 0 atom stereocenters. The molecule has 0 fully saturated rings. The van der Waals surface area contributed by atoms with E-state index >= 15 is 0 Å². The zero-order valence-electron chi connectivity index (χ0n) is 16.8. The monoisotopic (exact) mass is 356 g/mol. The van der Waals surface area contributed by atoms with Gasteiger partial charge in [0.2, 0.25) is 0 Å². The minimum atomic E-state index is 0.839. The van der Waals surface area contributed by atoms with Gasteiger partial charge in [-0.2, -0.15) is 0 Å². The maximum absolute atomic E-state index is 5.69. The first kappa shape index (κ1) is 23.9. The molecule has 0 aromatic rings. The van der Waals surface area contributed by atoms with E-state index in [0.29, 0.717) is 0 Å². The van der Waals surface area contributed by atoms with Crippen molar-refractivity contribution in [2.45, 2.75) is 129 Å². The van der Waals surface area contributed by atoms with E-state index in [-0.39, 0.29) is 0 Å². The molecule has 0 bridgehead atoms. The quantitative estimate of drug-likeness (QED) is 0.170. The van der Waals surface area contributed by atoms with Crippen molar-refractivity contribution in [3.8, 4) is 0 Å². The summed E-state index contributed by atoms with van der Waals surface area (Å²) >= 11 is 5.32. The summed E-state index contributed by atoms with van der Waals surface area (Å²) in [6, 6.07) is 0. The topological polar surface area (TPSA) is 9.23 Å². The van der Waals surface area contributed by atoms with E-state index in [1.165, 1.54) is 109 Å². The lowest BCUT2D eigenvalue weighted by Gasteiger charge is -2.07. The van der Waals surface area contributed by atoms with Crippen LogP contribution >= 0.6 is 12.2 Å². The smallest absolute Gasteiger partial charge is 0.159 e. The molecule has 24 heavy (non-hydrogen) atoms. The van der Waals surface area contributed by atoms with Crippen LogP contribution in [0.15, 0.2) is 0 Å². The average Bonchev–Trinajstić information content (AvgIpc) is 2.59. The van der Waals surface area contributed by atoms with E-state index in [2.05, 4.69) is 13.8 Å². The molecule has 0 aliphatic carbocycles. The van der Waals surface area contributed by atoms with E-state index in [9.17, 15) is 0 Å². The molecule has 0 aliphatic rings. The van der Waals surface area contributed by atoms with E-state index in [4.69, 9.17) is 17.0 Å². The van der Waals surface area contributed by atoms with Crippen LogP contribution in [0.4, 0.5) is 0 Å². The molecule has 1 nitrogen and oxygen atoms in total. The summed E-state index contributed by atoms with van der Waals surface area (Å²) in [4.78, 5) is 0. The van der Waals surface area contributed by atoms with Gasteiger partial charge in [-0.15, -0.1) is 0 Å². The van der Waals surface area contributed by atoms with E-state index in [1.807, 2.05) is 0 Å². The molecule has 0 saturated carbocycles. The fourth-order valence-electron chi connectivity index (χ4n) is 3.07. The van der Waals surface area contributed by atoms with Crippen LogP contribution in [0.3, 0.4) is 0 Å². The summed E-state index contributed by atoms with van der Waals surface area (Å²) in [5, 5.41) is 0.847. The average molecular weight is 357 g/mol. The fourth-order valence-corrected chi connectivity index (χ4v) is 3.30. The lowest BCUT2D eigenvalue weighted by Crippen LogP contribution is -2.03. The Morgan fingerprint density at radius 2 is 0.917 bits per heavy atom. The Hall–Kier alpha value is -0.110. The first-order valence-corrected chi connectivity index (χ1v) is 11.4. The highest BCUT2D eigenvalue weighted by atomic mass is 32.1. The minimum Gasteiger partial charge on any atom is -0.487 e. The highest BCUT2D eigenvalue weighted by molar-refractivity contribution is 7.80. The van der Waals surface area contributed by atoms with Gasteiger partial charge < -0.3 is 4.74 Å². The highest BCUT2D eigenvalue weighted by Gasteiger charge is 1.99. The summed E-state index contributed by atoms with van der Waals surface area (Å²) in [6.45, 7) is 5.39. The van der Waals surface area contributed by atoms with Crippen LogP contribution in [0.1, 0.15) is 129 Å². The molecule has 0 radical (unpaired) electrons. The van der Waals surface area contributed by atoms with Crippen LogP contribution in [0.5, 0.6) is 0 Å². The van der Waals surface area contributed by atoms with Gasteiger partial charge in [-0.3, -0.25) is 0 Å². The molecule has 0 amide bonds. The Labute approximate surface area is 158 Å². The molecule has 0 aromatic heterocycles. The van der Waals surface area contributed by atoms with Crippen LogP contribution in [0, 0.1) is 0 Å². The molecule has 0 heterocycles. The van der Waals surface area contributed by atoms with E-state index in [0.717, 1.165) is 18.1 Å². The molecule has 2 heteroatoms. The van der Waals surface area contributed by atoms with Gasteiger partial charge in [0.25, 0.3) is 0 Å². The van der Waals surface area contributed by atoms with Crippen molar-refractivity contribution < 1.29 is 4.74 Å². The van der Waals surface area contributed by atoms with Crippen LogP contribution < -0.4 is 0 Å². The lowest BCUT2D eigenvalue weighted by molar-refractivity contribution is 0.290. The van der Waals surface area contributed by atoms with Gasteiger partial charge >= 0.3 is 0 Å². The normalized spacial score (nSPS) is 10.9. The molecule has 0 spiro atoms. The maximum Gasteiger partial charge on any atom is 0.159 e. The number of ether oxygens (including phenoxy) is 1. The molecule has 0 aliphatic heterocycles. The third kappa shape index (κ3) is 19.9. The number of hydrogen-bond donors (Lipinski definition) is 0. The minimum absolute atomic E-state index is 0.839. The van der Waals surface area contributed by atoms with Crippen LogP contribution in [0.25, 0.3) is 0 Å². The number of unbranched alkanes of at least 4 members (excludes halogenated alkanes) is 15. The SMILES string of the molecule is CCCCCCCCCCCCOC(=S)CCCCCCCCC. The van der Waals surface area contributed by atoms with Crippen molar-refractivity contribution in [1.82, 2.24) is 0 Å². The Balaban J connectivity index is 3.12. The highest BCUT2D eigenvalue weighted by Crippen LogP contribution is 2.11. The van der Waals surface area contributed by atoms with Crippen molar-refractivity contribution in [3.05, 3.63) is 0 Å². The molecule has 144 valence electrons. The molecular formula is C22H44OS. The van der Waals surface area contributed by atoms with Gasteiger partial charge in [0.15, 0.2) is 5.05 Å². The van der Waals surface area contributed by atoms with Crippen LogP contribution in [-0.4, -0.2) is 11.7 Å². The van der Waals surface area contributed by atoms with Gasteiger partial charge in [0.1, 0.15) is 0 Å². The zero-order valence-corrected chi connectivity index (χ0v) is 17.6. The molecular weight excluding hydrogens is 312 g/mol. The first-order valence-electron chi connectivity index (χ1n) is 11.0. The molecule has 0 saturated heterocycles. The standard InChI is InChI=1S/C22H44OS/c1-3-5-7-9-11-12-13-15-17-19-21-23-22(24)20-18-16-14-10-8-6-4-2/h3-21H2,1-2H3. The van der Waals surface area contributed by atoms with Crippen LogP contribution in [0.2, 0.25) is 0 Å². The molecule has 0 rings (SSSR count). The Bertz CT molecular complexity index is 252. The van der Waals surface area contributed by atoms with Crippen molar-refractivity contribution >= 4 is 17.3 Å². The predicted molar refractivity (Wildman–Crippen MR) is 113 cm³/mol. The van der Waals surface area contributed by atoms with E-state index < -0.39 is 0 Å². The second kappa shape index (κ2) is 20.9. The molecule has 0 N–H and O–H groups in total. The Morgan fingerprint density at radius 1 is 0.542 bits per heavy atom. The summed E-state index contributed by atoms with van der Waals surface area (Å²) in [7, 11) is 0. The second-order valence-corrected chi connectivity index (χ2v) is 7.73. The summed E-state index contributed by atoms with van der Waals surface area (Å²) in [5.74, 6) is 0. The van der Waals surface area contributed by atoms with Gasteiger partial charge in [-0.25, -0.2) is 0 Å². The Morgan fingerprint density at radius 3 is 1.38 bits per heavy atom. The second-order valence-electron chi connectivity index (χ2n) is 7.27. The predicted octanol–water partition coefficient (Wildman–Crippen LogP) is 8.39. The van der Waals surface area contributed by atoms with Crippen molar-refractivity contribution in [2.24, 2.45) is 0 Å². The third-order valence-electron chi connectivity index (χ3n) is 4.75. The van der Waals surface area contributed by atoms with E-state index in [1.54, 1.807) is 0 Å². The molecule has 0 unspecified atom stereocenters. The van der Waals surface area contributed by atoms with Gasteiger partial charge in [0, 0.05) is 6.42 Å². The van der Waals surface area contributed by atoms with Crippen molar-refractivity contribution in [1.29, 1.82) is 0 Å². The fraction of sp³-hybridized carbons (Fsp3) is 0.955. The van der Waals surface area contributed by atoms with Gasteiger partial charge in [0.05, 0.1) is 6.61 Å². The van der Waals surface area contributed by atoms with Crippen molar-refractivity contribution in [2.75, 3.05) is 6.61 Å². The largest absolute Gasteiger partial charge is 0.487 e. The van der Waals surface area contributed by atoms with Crippen LogP contribution in [-0.2, 0) is 4.74 Å². The Kier molecular flexibility index (Phi) is 20.8. The van der Waals surface area contributed by atoms with Gasteiger partial charge in [-0.1, -0.05) is 110 Å². The summed E-state index contributed by atoms with van der Waals surface area (Å²) in [6.07, 6.45) is 24.1. The third-order valence-corrected chi connectivity index (χ3v) is 5.07. The summed E-state index contributed by atoms with van der Waals surface area (Å²) in [5.41, 5.74) is 0. The lowest BCUT2D eigenvalue weighted by atomic mass is 10.1. The zero-order chi connectivity index (χ0) is 17.7. The van der Waals surface area contributed by atoms with Gasteiger partial charge in [-0.05, 0) is 25.1 Å². The number of rotatable bonds is 19. The number of hydrogen-bond acceptors (Lipinski definition) is 2. The van der Waals surface area contributed by atoms with Crippen molar-refractivity contribution in [3.63, 3.8) is 0 Å². The maximum atomic E-state index is 5.69. The first-order chi connectivity index (χ1) is 11.8.